The molecule has 3 N–H and O–H groups in total. The van der Waals surface area contributed by atoms with E-state index in [-0.39, 0.29) is 5.96 Å². The van der Waals surface area contributed by atoms with Crippen molar-refractivity contribution in [2.75, 3.05) is 6.54 Å². The van der Waals surface area contributed by atoms with Gasteiger partial charge in [-0.15, -0.1) is 0 Å². The zero-order valence-electron chi connectivity index (χ0n) is 11.0. The Bertz CT molecular complexity index is 232. The van der Waals surface area contributed by atoms with Crippen LogP contribution in [0.4, 0.5) is 0 Å². The van der Waals surface area contributed by atoms with Crippen LogP contribution >= 0.6 is 0 Å². The van der Waals surface area contributed by atoms with E-state index in [4.69, 9.17) is 16.4 Å². The third kappa shape index (κ3) is 9.68. The van der Waals surface area contributed by atoms with Gasteiger partial charge in [0.1, 0.15) is 0 Å². The summed E-state index contributed by atoms with van der Waals surface area (Å²) in [4.78, 5) is 1.24. The van der Waals surface area contributed by atoms with Crippen LogP contribution in [0.3, 0.4) is 0 Å². The fourth-order valence-electron chi connectivity index (χ4n) is 1.80. The monoisotopic (exact) mass is 238 g/mol. The molecule has 0 aromatic heterocycles. The largest absolute Gasteiger partial charge is 0.369 e. The lowest BCUT2D eigenvalue weighted by Crippen LogP contribution is -2.33. The number of nitriles is 1. The number of nitrogens with zero attached hydrogens (tertiary/aromatic N) is 2. The van der Waals surface area contributed by atoms with E-state index in [0.717, 1.165) is 12.8 Å². The van der Waals surface area contributed by atoms with Crippen LogP contribution in [0.25, 0.3) is 0 Å². The van der Waals surface area contributed by atoms with Gasteiger partial charge in [-0.1, -0.05) is 58.3 Å². The number of hydrogen-bond donors (Lipinski definition) is 2. The third-order valence-electron chi connectivity index (χ3n) is 2.90. The second kappa shape index (κ2) is 11.3. The predicted molar refractivity (Wildman–Crippen MR) is 71.5 cm³/mol. The van der Waals surface area contributed by atoms with Gasteiger partial charge >= 0.3 is 0 Å². The highest BCUT2D eigenvalue weighted by atomic mass is 15.2. The van der Waals surface area contributed by atoms with Crippen LogP contribution in [0.15, 0.2) is 0 Å². The van der Waals surface area contributed by atoms with Crippen molar-refractivity contribution < 1.29 is 0 Å². The molecular weight excluding hydrogens is 212 g/mol. The maximum absolute atomic E-state index is 8.67. The average Bonchev–Trinajstić information content (AvgIpc) is 2.31. The second-order valence-electron chi connectivity index (χ2n) is 4.47. The van der Waals surface area contributed by atoms with Crippen LogP contribution in [0.5, 0.6) is 0 Å². The molecule has 0 fully saturated rings. The van der Waals surface area contributed by atoms with Crippen molar-refractivity contribution in [2.24, 2.45) is 5.73 Å². The van der Waals surface area contributed by atoms with Gasteiger partial charge < -0.3 is 5.73 Å². The zero-order valence-corrected chi connectivity index (χ0v) is 11.0. The summed E-state index contributed by atoms with van der Waals surface area (Å²) in [6.07, 6.45) is 13.2. The molecule has 0 bridgehead atoms. The minimum atomic E-state index is -0.146. The first-order chi connectivity index (χ1) is 8.22. The second-order valence-corrected chi connectivity index (χ2v) is 4.47. The average molecular weight is 238 g/mol. The molecule has 0 amide bonds. The maximum atomic E-state index is 8.67. The Kier molecular flexibility index (Phi) is 10.4. The van der Waals surface area contributed by atoms with E-state index in [1.54, 1.807) is 0 Å². The first-order valence-electron chi connectivity index (χ1n) is 6.73. The van der Waals surface area contributed by atoms with Gasteiger partial charge in [0.05, 0.1) is 0 Å². The molecule has 0 aliphatic heterocycles. The minimum Gasteiger partial charge on any atom is -0.369 e. The SMILES string of the molecule is CCCCCCCCCCCN(C#N)C(=N)N. The molecule has 0 aromatic rings. The molecule has 0 saturated carbocycles. The van der Waals surface area contributed by atoms with Crippen molar-refractivity contribution in [2.45, 2.75) is 64.7 Å². The van der Waals surface area contributed by atoms with Crippen molar-refractivity contribution >= 4 is 5.96 Å². The molecule has 0 aliphatic carbocycles. The molecule has 4 heteroatoms. The topological polar surface area (TPSA) is 76.9 Å². The van der Waals surface area contributed by atoms with Gasteiger partial charge in [-0.2, -0.15) is 5.26 Å². The highest BCUT2D eigenvalue weighted by Gasteiger charge is 2.03. The van der Waals surface area contributed by atoms with Crippen LogP contribution in [-0.4, -0.2) is 17.4 Å². The Morgan fingerprint density at radius 1 is 1.06 bits per heavy atom. The molecular formula is C13H26N4. The smallest absolute Gasteiger partial charge is 0.201 e. The van der Waals surface area contributed by atoms with Gasteiger partial charge in [-0.05, 0) is 6.42 Å². The number of nitrogens with two attached hydrogens (primary N) is 1. The highest BCUT2D eigenvalue weighted by Crippen LogP contribution is 2.09. The summed E-state index contributed by atoms with van der Waals surface area (Å²) in [6, 6.07) is 0. The Labute approximate surface area is 105 Å². The Hall–Kier alpha value is -1.24. The standard InChI is InChI=1S/C13H26N4/c1-2-3-4-5-6-7-8-9-10-11-17(12-14)13(15)16/h2-11H2,1H3,(H3,15,16). The summed E-state index contributed by atoms with van der Waals surface area (Å²) in [7, 11) is 0. The summed E-state index contributed by atoms with van der Waals surface area (Å²) >= 11 is 0. The number of unbranched alkanes of at least 4 members (excludes halogenated alkanes) is 8. The quantitative estimate of drug-likeness (QED) is 0.202. The molecule has 98 valence electrons. The van der Waals surface area contributed by atoms with Crippen LogP contribution in [0.2, 0.25) is 0 Å². The summed E-state index contributed by atoms with van der Waals surface area (Å²) in [5.74, 6) is -0.146. The number of nitrogens with one attached hydrogen (secondary N) is 1. The van der Waals surface area contributed by atoms with Gasteiger partial charge in [0, 0.05) is 6.54 Å². The minimum absolute atomic E-state index is 0.146. The Morgan fingerprint density at radius 2 is 1.53 bits per heavy atom. The van der Waals surface area contributed by atoms with Crippen LogP contribution in [0, 0.1) is 16.9 Å². The van der Waals surface area contributed by atoms with E-state index in [0.29, 0.717) is 6.54 Å². The molecule has 0 aromatic carbocycles. The Morgan fingerprint density at radius 3 is 1.94 bits per heavy atom. The lowest BCUT2D eigenvalue weighted by Gasteiger charge is -2.12. The summed E-state index contributed by atoms with van der Waals surface area (Å²) in [5.41, 5.74) is 5.24. The molecule has 0 saturated heterocycles. The maximum Gasteiger partial charge on any atom is 0.201 e. The molecule has 17 heavy (non-hydrogen) atoms. The molecule has 0 unspecified atom stereocenters. The van der Waals surface area contributed by atoms with Crippen LogP contribution < -0.4 is 5.73 Å². The molecule has 0 rings (SSSR count). The number of guanidine groups is 1. The fraction of sp³-hybridized carbons (Fsp3) is 0.846. The summed E-state index contributed by atoms with van der Waals surface area (Å²) in [6.45, 7) is 2.82. The summed E-state index contributed by atoms with van der Waals surface area (Å²) < 4.78 is 0. The van der Waals surface area contributed by atoms with Crippen molar-refractivity contribution in [3.8, 4) is 6.19 Å². The zero-order chi connectivity index (χ0) is 12.9. The van der Waals surface area contributed by atoms with Crippen molar-refractivity contribution in [1.29, 1.82) is 10.7 Å². The predicted octanol–water partition coefficient (Wildman–Crippen LogP) is 3.19. The van der Waals surface area contributed by atoms with E-state index >= 15 is 0 Å². The lowest BCUT2D eigenvalue weighted by molar-refractivity contribution is 0.500. The van der Waals surface area contributed by atoms with E-state index in [2.05, 4.69) is 6.92 Å². The molecule has 4 nitrogen and oxygen atoms in total. The van der Waals surface area contributed by atoms with Crippen LogP contribution in [0.1, 0.15) is 64.7 Å². The van der Waals surface area contributed by atoms with E-state index in [9.17, 15) is 0 Å². The molecule has 0 spiro atoms. The van der Waals surface area contributed by atoms with E-state index in [1.807, 2.05) is 6.19 Å². The summed E-state index contributed by atoms with van der Waals surface area (Å²) in [5, 5.41) is 15.8. The van der Waals surface area contributed by atoms with Gasteiger partial charge in [-0.3, -0.25) is 5.41 Å². The third-order valence-corrected chi connectivity index (χ3v) is 2.90. The first kappa shape index (κ1) is 15.8. The first-order valence-corrected chi connectivity index (χ1v) is 6.73. The molecule has 0 heterocycles. The number of hydrogen-bond acceptors (Lipinski definition) is 2. The highest BCUT2D eigenvalue weighted by molar-refractivity contribution is 5.76. The molecule has 0 aliphatic rings. The Balaban J connectivity index is 3.24. The molecule has 0 atom stereocenters. The van der Waals surface area contributed by atoms with Crippen molar-refractivity contribution in [3.05, 3.63) is 0 Å². The number of rotatable bonds is 10. The van der Waals surface area contributed by atoms with Crippen molar-refractivity contribution in [1.82, 2.24) is 4.90 Å². The van der Waals surface area contributed by atoms with Crippen molar-refractivity contribution in [3.63, 3.8) is 0 Å². The van der Waals surface area contributed by atoms with E-state index < -0.39 is 0 Å². The van der Waals surface area contributed by atoms with Gasteiger partial charge in [0.15, 0.2) is 6.19 Å². The molecule has 0 radical (unpaired) electrons. The van der Waals surface area contributed by atoms with Gasteiger partial charge in [0.2, 0.25) is 5.96 Å². The van der Waals surface area contributed by atoms with Gasteiger partial charge in [-0.25, -0.2) is 4.90 Å². The normalized spacial score (nSPS) is 9.88. The fourth-order valence-corrected chi connectivity index (χ4v) is 1.80. The van der Waals surface area contributed by atoms with Gasteiger partial charge in [0.25, 0.3) is 0 Å². The van der Waals surface area contributed by atoms with E-state index in [1.165, 1.54) is 49.8 Å². The van der Waals surface area contributed by atoms with Crippen LogP contribution in [-0.2, 0) is 0 Å². The lowest BCUT2D eigenvalue weighted by atomic mass is 10.1.